The molecule has 1 fully saturated rings. The Balaban J connectivity index is 1.27. The van der Waals surface area contributed by atoms with E-state index in [0.29, 0.717) is 58.8 Å². The molecule has 0 unspecified atom stereocenters. The Kier molecular flexibility index (Phi) is 6.00. The van der Waals surface area contributed by atoms with Crippen molar-refractivity contribution in [2.75, 3.05) is 17.8 Å². The van der Waals surface area contributed by atoms with Crippen molar-refractivity contribution in [3.05, 3.63) is 89.2 Å². The summed E-state index contributed by atoms with van der Waals surface area (Å²) in [6.07, 6.45) is 2.19. The Morgan fingerprint density at radius 2 is 1.74 bits per heavy atom. The average molecular weight is 511 g/mol. The van der Waals surface area contributed by atoms with Gasteiger partial charge in [0.05, 0.1) is 17.4 Å². The molecule has 3 N–H and O–H groups in total. The van der Waals surface area contributed by atoms with E-state index < -0.39 is 15.6 Å². The van der Waals surface area contributed by atoms with Gasteiger partial charge in [-0.25, -0.2) is 13.4 Å². The van der Waals surface area contributed by atoms with E-state index in [1.165, 1.54) is 12.4 Å². The van der Waals surface area contributed by atoms with E-state index >= 15 is 0 Å². The van der Waals surface area contributed by atoms with E-state index in [-0.39, 0.29) is 10.8 Å². The number of H-pyrrole nitrogens is 1. The molecule has 2 heterocycles. The number of anilines is 1. The van der Waals surface area contributed by atoms with Crippen LogP contribution in [-0.4, -0.2) is 47.4 Å². The minimum Gasteiger partial charge on any atom is -0.385 e. The number of para-hydroxylation sites is 1. The zero-order chi connectivity index (χ0) is 24.6. The number of fused-ring (bicyclic) bond motifs is 1. The number of piperidine rings is 1. The molecule has 0 radical (unpaired) electrons. The molecule has 1 saturated heterocycles. The minimum atomic E-state index is -3.87. The number of hydrogen-bond donors (Lipinski definition) is 3. The third-order valence-corrected chi connectivity index (χ3v) is 8.08. The topological polar surface area (TPSA) is 115 Å². The first-order valence-corrected chi connectivity index (χ1v) is 12.9. The minimum absolute atomic E-state index is 0.0655. The average Bonchev–Trinajstić information content (AvgIpc) is 3.33. The van der Waals surface area contributed by atoms with Crippen LogP contribution < -0.4 is 4.72 Å². The zero-order valence-corrected chi connectivity index (χ0v) is 20.2. The van der Waals surface area contributed by atoms with Gasteiger partial charge in [-0.05, 0) is 55.3 Å². The maximum Gasteiger partial charge on any atom is 0.264 e. The van der Waals surface area contributed by atoms with E-state index in [4.69, 9.17) is 11.6 Å². The summed E-state index contributed by atoms with van der Waals surface area (Å²) in [6, 6.07) is 18.4. The summed E-state index contributed by atoms with van der Waals surface area (Å²) >= 11 is 6.27. The van der Waals surface area contributed by atoms with Gasteiger partial charge in [-0.3, -0.25) is 9.52 Å². The highest BCUT2D eigenvalue weighted by molar-refractivity contribution is 7.93. The molecule has 8 nitrogen and oxygen atoms in total. The lowest BCUT2D eigenvalue weighted by molar-refractivity contribution is -0.0210. The number of halogens is 1. The summed E-state index contributed by atoms with van der Waals surface area (Å²) in [4.78, 5) is 21.8. The molecule has 0 saturated carbocycles. The molecular formula is C25H23ClN4O4S. The maximum absolute atomic E-state index is 13.0. The highest BCUT2D eigenvalue weighted by Gasteiger charge is 2.36. The van der Waals surface area contributed by atoms with Crippen molar-refractivity contribution in [3.8, 4) is 0 Å². The van der Waals surface area contributed by atoms with Gasteiger partial charge in [-0.2, -0.15) is 0 Å². The molecule has 4 aromatic rings. The predicted molar refractivity (Wildman–Crippen MR) is 134 cm³/mol. The van der Waals surface area contributed by atoms with Crippen LogP contribution in [-0.2, 0) is 15.6 Å². The number of nitrogens with zero attached hydrogens (tertiary/aromatic N) is 2. The predicted octanol–water partition coefficient (Wildman–Crippen LogP) is 4.14. The summed E-state index contributed by atoms with van der Waals surface area (Å²) < 4.78 is 28.4. The number of carbonyl (C=O) groups excluding carboxylic acids is 1. The molecule has 0 atom stereocenters. The van der Waals surface area contributed by atoms with Gasteiger partial charge in [-0.15, -0.1) is 0 Å². The second-order valence-electron chi connectivity index (χ2n) is 8.54. The fourth-order valence-electron chi connectivity index (χ4n) is 4.42. The summed E-state index contributed by atoms with van der Waals surface area (Å²) in [7, 11) is -3.87. The Labute approximate surface area is 207 Å². The molecule has 180 valence electrons. The first kappa shape index (κ1) is 23.3. The van der Waals surface area contributed by atoms with Gasteiger partial charge < -0.3 is 15.0 Å². The second-order valence-corrected chi connectivity index (χ2v) is 10.6. The Hall–Kier alpha value is -3.40. The molecule has 0 aliphatic carbocycles. The summed E-state index contributed by atoms with van der Waals surface area (Å²) in [5.74, 6) is -0.179. The van der Waals surface area contributed by atoms with E-state index in [0.717, 1.165) is 0 Å². The monoisotopic (exact) mass is 510 g/mol. The quantitative estimate of drug-likeness (QED) is 0.373. The molecule has 1 amide bonds. The largest absolute Gasteiger partial charge is 0.385 e. The first-order valence-electron chi connectivity index (χ1n) is 11.1. The van der Waals surface area contributed by atoms with Crippen molar-refractivity contribution in [1.29, 1.82) is 0 Å². The lowest BCUT2D eigenvalue weighted by Gasteiger charge is -2.39. The van der Waals surface area contributed by atoms with E-state index in [1.54, 1.807) is 47.4 Å². The van der Waals surface area contributed by atoms with Crippen molar-refractivity contribution < 1.29 is 18.3 Å². The number of nitrogens with one attached hydrogen (secondary N) is 2. The number of sulfonamides is 1. The number of aromatic amines is 1. The number of aromatic nitrogens is 2. The zero-order valence-electron chi connectivity index (χ0n) is 18.6. The molecule has 1 aliphatic rings. The fraction of sp³-hybridized carbons (Fsp3) is 0.200. The smallest absolute Gasteiger partial charge is 0.264 e. The van der Waals surface area contributed by atoms with Gasteiger partial charge >= 0.3 is 0 Å². The fourth-order valence-corrected chi connectivity index (χ4v) is 5.96. The van der Waals surface area contributed by atoms with Crippen molar-refractivity contribution in [2.24, 2.45) is 0 Å². The lowest BCUT2D eigenvalue weighted by atomic mass is 9.84. The third-order valence-electron chi connectivity index (χ3n) is 6.34. The van der Waals surface area contributed by atoms with E-state index in [9.17, 15) is 18.3 Å². The van der Waals surface area contributed by atoms with Crippen molar-refractivity contribution in [2.45, 2.75) is 23.3 Å². The number of likely N-dealkylation sites (tertiary alicyclic amines) is 1. The van der Waals surface area contributed by atoms with Gasteiger partial charge in [-0.1, -0.05) is 35.9 Å². The SMILES string of the molecule is O=C(c1ccc(NS(=O)(=O)c2cccc3[nH]cnc23)cc1)N1CCC(O)(c2ccccc2Cl)CC1. The number of hydrogen-bond acceptors (Lipinski definition) is 5. The Morgan fingerprint density at radius 1 is 1.03 bits per heavy atom. The maximum atomic E-state index is 13.0. The van der Waals surface area contributed by atoms with Crippen LogP contribution in [0.1, 0.15) is 28.8 Å². The van der Waals surface area contributed by atoms with Crippen LogP contribution in [0.4, 0.5) is 5.69 Å². The van der Waals surface area contributed by atoms with Gasteiger partial charge in [0, 0.05) is 34.9 Å². The van der Waals surface area contributed by atoms with Crippen LogP contribution >= 0.6 is 11.6 Å². The number of aliphatic hydroxyl groups is 1. The molecule has 1 aromatic heterocycles. The second kappa shape index (κ2) is 8.99. The normalized spacial score (nSPS) is 15.8. The van der Waals surface area contributed by atoms with Crippen LogP contribution in [0.2, 0.25) is 5.02 Å². The van der Waals surface area contributed by atoms with Crippen LogP contribution in [0.3, 0.4) is 0 Å². The molecular weight excluding hydrogens is 488 g/mol. The molecule has 5 rings (SSSR count). The van der Waals surface area contributed by atoms with Crippen LogP contribution in [0.5, 0.6) is 0 Å². The number of amides is 1. The number of carbonyl (C=O) groups is 1. The van der Waals surface area contributed by atoms with E-state index in [1.807, 2.05) is 18.2 Å². The van der Waals surface area contributed by atoms with Crippen molar-refractivity contribution in [1.82, 2.24) is 14.9 Å². The first-order chi connectivity index (χ1) is 16.8. The van der Waals surface area contributed by atoms with Gasteiger partial charge in [0.15, 0.2) is 0 Å². The number of rotatable bonds is 5. The van der Waals surface area contributed by atoms with E-state index in [2.05, 4.69) is 14.7 Å². The van der Waals surface area contributed by atoms with Gasteiger partial charge in [0.25, 0.3) is 15.9 Å². The van der Waals surface area contributed by atoms with Crippen LogP contribution in [0.15, 0.2) is 78.0 Å². The van der Waals surface area contributed by atoms with Crippen molar-refractivity contribution in [3.63, 3.8) is 0 Å². The molecule has 0 spiro atoms. The Morgan fingerprint density at radius 3 is 2.46 bits per heavy atom. The summed E-state index contributed by atoms with van der Waals surface area (Å²) in [5, 5.41) is 11.6. The summed E-state index contributed by atoms with van der Waals surface area (Å²) in [6.45, 7) is 0.755. The van der Waals surface area contributed by atoms with Crippen LogP contribution in [0, 0.1) is 0 Å². The molecule has 3 aromatic carbocycles. The summed E-state index contributed by atoms with van der Waals surface area (Å²) in [5.41, 5.74) is 1.35. The third kappa shape index (κ3) is 4.50. The molecule has 1 aliphatic heterocycles. The van der Waals surface area contributed by atoms with Gasteiger partial charge in [0.1, 0.15) is 10.4 Å². The molecule has 10 heteroatoms. The Bertz CT molecular complexity index is 1490. The highest BCUT2D eigenvalue weighted by atomic mass is 35.5. The molecule has 0 bridgehead atoms. The van der Waals surface area contributed by atoms with Crippen molar-refractivity contribution >= 4 is 44.3 Å². The lowest BCUT2D eigenvalue weighted by Crippen LogP contribution is -2.45. The number of benzene rings is 3. The van der Waals surface area contributed by atoms with Gasteiger partial charge in [0.2, 0.25) is 0 Å². The van der Waals surface area contributed by atoms with Crippen LogP contribution in [0.25, 0.3) is 11.0 Å². The standard InChI is InChI=1S/C25H23ClN4O4S/c26-20-5-2-1-4-19(20)25(32)12-14-30(15-13-25)24(31)17-8-10-18(11-9-17)29-35(33,34)22-7-3-6-21-23(22)28-16-27-21/h1-11,16,29,32H,12-15H2,(H,27,28). The highest BCUT2D eigenvalue weighted by Crippen LogP contribution is 2.37. The number of imidazole rings is 1. The molecule has 35 heavy (non-hydrogen) atoms.